The van der Waals surface area contributed by atoms with Crippen LogP contribution in [0.4, 0.5) is 20.2 Å². The van der Waals surface area contributed by atoms with E-state index in [0.29, 0.717) is 12.2 Å². The van der Waals surface area contributed by atoms with Gasteiger partial charge in [-0.05, 0) is 70.5 Å². The van der Waals surface area contributed by atoms with Gasteiger partial charge in [0.2, 0.25) is 0 Å². The van der Waals surface area contributed by atoms with Crippen molar-refractivity contribution in [2.24, 2.45) is 4.99 Å². The first-order chi connectivity index (χ1) is 18.4. The summed E-state index contributed by atoms with van der Waals surface area (Å²) in [5.41, 5.74) is 1.51. The van der Waals surface area contributed by atoms with Crippen LogP contribution in [0.2, 0.25) is 0 Å². The number of rotatable bonds is 3. The van der Waals surface area contributed by atoms with E-state index in [1.165, 1.54) is 11.5 Å². The molecule has 1 aliphatic heterocycles. The van der Waals surface area contributed by atoms with Crippen molar-refractivity contribution in [3.05, 3.63) is 102 Å². The zero-order valence-electron chi connectivity index (χ0n) is 22.5. The van der Waals surface area contributed by atoms with Crippen molar-refractivity contribution in [2.75, 3.05) is 5.32 Å². The molecular formula is C31H31F2N3O3. The Morgan fingerprint density at radius 2 is 1.51 bits per heavy atom. The quantitative estimate of drug-likeness (QED) is 0.285. The molecule has 0 saturated heterocycles. The molecule has 1 N–H and O–H groups in total. The summed E-state index contributed by atoms with van der Waals surface area (Å²) >= 11 is 0. The number of nitrogens with one attached hydrogen (secondary N) is 1. The predicted molar refractivity (Wildman–Crippen MR) is 150 cm³/mol. The molecule has 0 fully saturated rings. The Labute approximate surface area is 226 Å². The highest BCUT2D eigenvalue weighted by molar-refractivity contribution is 6.47. The number of amides is 1. The van der Waals surface area contributed by atoms with Crippen LogP contribution in [-0.4, -0.2) is 28.7 Å². The van der Waals surface area contributed by atoms with Gasteiger partial charge in [0.15, 0.2) is 0 Å². The summed E-state index contributed by atoms with van der Waals surface area (Å²) in [6.45, 7) is 9.63. The highest BCUT2D eigenvalue weighted by atomic mass is 19.1. The second-order valence-electron chi connectivity index (χ2n) is 10.2. The summed E-state index contributed by atoms with van der Waals surface area (Å²) in [7, 11) is 0. The summed E-state index contributed by atoms with van der Waals surface area (Å²) in [6, 6.07) is 22.9. The van der Waals surface area contributed by atoms with E-state index in [0.717, 1.165) is 23.2 Å². The van der Waals surface area contributed by atoms with Gasteiger partial charge < -0.3 is 10.1 Å². The van der Waals surface area contributed by atoms with Gasteiger partial charge in [-0.3, -0.25) is 14.6 Å². The average molecular weight is 532 g/mol. The lowest BCUT2D eigenvalue weighted by atomic mass is 9.81. The van der Waals surface area contributed by atoms with Crippen LogP contribution in [0.1, 0.15) is 40.2 Å². The normalized spacial score (nSPS) is 13.1. The van der Waals surface area contributed by atoms with E-state index >= 15 is 0 Å². The number of hydrogen-bond acceptors (Lipinski definition) is 5. The molecule has 1 aromatic heterocycles. The number of benzene rings is 3. The van der Waals surface area contributed by atoms with Crippen LogP contribution < -0.4 is 5.32 Å². The Hall–Kier alpha value is -4.46. The van der Waals surface area contributed by atoms with E-state index in [1.54, 1.807) is 6.07 Å². The van der Waals surface area contributed by atoms with Crippen molar-refractivity contribution in [2.45, 2.75) is 45.6 Å². The fraction of sp³-hybridized carbons (Fsp3) is 0.226. The van der Waals surface area contributed by atoms with E-state index in [-0.39, 0.29) is 11.3 Å². The van der Waals surface area contributed by atoms with Crippen molar-refractivity contribution < 1.29 is 23.1 Å². The first kappa shape index (κ1) is 29.1. The Morgan fingerprint density at radius 1 is 0.897 bits per heavy atom. The number of carbonyl (C=O) groups is 2. The maximum absolute atomic E-state index is 13.7. The molecule has 0 radical (unpaired) electrons. The lowest BCUT2D eigenvalue weighted by molar-refractivity contribution is -0.138. The van der Waals surface area contributed by atoms with Crippen LogP contribution in [0.15, 0.2) is 90.1 Å². The largest absolute Gasteiger partial charge is 0.462 e. The van der Waals surface area contributed by atoms with Gasteiger partial charge in [-0.2, -0.15) is 0 Å². The van der Waals surface area contributed by atoms with Crippen LogP contribution >= 0.6 is 0 Å². The van der Waals surface area contributed by atoms with Gasteiger partial charge in [0.1, 0.15) is 28.6 Å². The first-order valence-electron chi connectivity index (χ1n) is 12.3. The third-order valence-corrected chi connectivity index (χ3v) is 5.73. The highest BCUT2D eigenvalue weighted by Gasteiger charge is 2.39. The van der Waals surface area contributed by atoms with Crippen molar-refractivity contribution in [3.8, 4) is 0 Å². The molecule has 3 aromatic carbocycles. The molecule has 39 heavy (non-hydrogen) atoms. The topological polar surface area (TPSA) is 80.7 Å². The number of aromatic nitrogens is 1. The molecule has 8 heteroatoms. The van der Waals surface area contributed by atoms with Crippen molar-refractivity contribution in [3.63, 3.8) is 0 Å². The third kappa shape index (κ3) is 7.54. The van der Waals surface area contributed by atoms with Gasteiger partial charge in [0.05, 0.1) is 11.2 Å². The first-order valence-corrected chi connectivity index (χ1v) is 12.3. The number of anilines is 1. The van der Waals surface area contributed by atoms with Crippen LogP contribution in [0.3, 0.4) is 0 Å². The van der Waals surface area contributed by atoms with Crippen molar-refractivity contribution in [1.29, 1.82) is 0 Å². The molecule has 5 rings (SSSR count). The number of carbonyl (C=O) groups excluding carboxylic acids is 2. The van der Waals surface area contributed by atoms with Crippen LogP contribution in [0, 0.1) is 11.6 Å². The minimum atomic E-state index is -0.817. The van der Waals surface area contributed by atoms with Crippen LogP contribution in [0.5, 0.6) is 0 Å². The van der Waals surface area contributed by atoms with E-state index in [9.17, 15) is 18.4 Å². The number of para-hydroxylation sites is 3. The van der Waals surface area contributed by atoms with E-state index < -0.39 is 28.6 Å². The SMILES string of the molecule is CC(C)(C)OC=O.CC1(C)C(C(=O)Nc2c(F)cccc2F)=Nc2ccccc21.c1ccc2ncccc2c1. The molecule has 0 bridgehead atoms. The molecule has 4 aromatic rings. The number of fused-ring (bicyclic) bond motifs is 2. The summed E-state index contributed by atoms with van der Waals surface area (Å²) in [5.74, 6) is -2.24. The molecule has 0 unspecified atom stereocenters. The molecule has 1 aliphatic rings. The second-order valence-corrected chi connectivity index (χ2v) is 10.2. The zero-order chi connectivity index (χ0) is 28.6. The maximum atomic E-state index is 13.7. The second kappa shape index (κ2) is 12.4. The Balaban J connectivity index is 0.000000203. The average Bonchev–Trinajstić information content (AvgIpc) is 3.17. The van der Waals surface area contributed by atoms with Gasteiger partial charge >= 0.3 is 0 Å². The summed E-state index contributed by atoms with van der Waals surface area (Å²) in [5, 5.41) is 3.49. The zero-order valence-corrected chi connectivity index (χ0v) is 22.5. The minimum Gasteiger partial charge on any atom is -0.462 e. The predicted octanol–water partition coefficient (Wildman–Crippen LogP) is 7.16. The molecule has 0 aliphatic carbocycles. The standard InChI is InChI=1S/C17H14F2N2O.C9H7N.C5H10O2/c1-17(2)10-6-3-4-9-13(10)20-15(17)16(22)21-14-11(18)7-5-8-12(14)19;1-2-6-9-8(4-1)5-3-7-10-9;1-5(2,3)7-4-6/h3-9H,1-2H3,(H,21,22);1-7H;4H,1-3H3. The number of nitrogens with zero attached hydrogens (tertiary/aromatic N) is 2. The molecule has 0 spiro atoms. The van der Waals surface area contributed by atoms with Crippen molar-refractivity contribution in [1.82, 2.24) is 4.98 Å². The Kier molecular flexibility index (Phi) is 9.24. The van der Waals surface area contributed by atoms with Gasteiger partial charge in [-0.15, -0.1) is 0 Å². The molecular weight excluding hydrogens is 500 g/mol. The van der Waals surface area contributed by atoms with Crippen LogP contribution in [0.25, 0.3) is 10.9 Å². The Morgan fingerprint density at radius 3 is 2.10 bits per heavy atom. The summed E-state index contributed by atoms with van der Waals surface area (Å²) in [4.78, 5) is 30.5. The number of ether oxygens (including phenoxy) is 1. The Bertz CT molecular complexity index is 1410. The lowest BCUT2D eigenvalue weighted by Gasteiger charge is -2.21. The van der Waals surface area contributed by atoms with Gasteiger partial charge in [-0.1, -0.05) is 48.5 Å². The number of pyridine rings is 1. The maximum Gasteiger partial charge on any atom is 0.293 e. The fourth-order valence-corrected chi connectivity index (χ4v) is 3.77. The molecule has 0 atom stereocenters. The van der Waals surface area contributed by atoms with Gasteiger partial charge in [0.25, 0.3) is 12.4 Å². The third-order valence-electron chi connectivity index (χ3n) is 5.73. The smallest absolute Gasteiger partial charge is 0.293 e. The molecule has 6 nitrogen and oxygen atoms in total. The van der Waals surface area contributed by atoms with E-state index in [4.69, 9.17) is 0 Å². The summed E-state index contributed by atoms with van der Waals surface area (Å²) < 4.78 is 31.9. The molecule has 202 valence electrons. The van der Waals surface area contributed by atoms with E-state index in [2.05, 4.69) is 32.2 Å². The van der Waals surface area contributed by atoms with Crippen LogP contribution in [-0.2, 0) is 19.7 Å². The minimum absolute atomic E-state index is 0.233. The van der Waals surface area contributed by atoms with E-state index in [1.807, 2.05) is 83.3 Å². The molecule has 0 saturated carbocycles. The van der Waals surface area contributed by atoms with Gasteiger partial charge in [-0.25, -0.2) is 13.8 Å². The fourth-order valence-electron chi connectivity index (χ4n) is 3.77. The monoisotopic (exact) mass is 531 g/mol. The molecule has 2 heterocycles. The molecule has 1 amide bonds. The number of halogens is 2. The number of hydrogen-bond donors (Lipinski definition) is 1. The number of aliphatic imine (C=N–C) groups is 1. The van der Waals surface area contributed by atoms with Crippen molar-refractivity contribution >= 4 is 40.4 Å². The summed E-state index contributed by atoms with van der Waals surface area (Å²) in [6.07, 6.45) is 1.81. The highest BCUT2D eigenvalue weighted by Crippen LogP contribution is 2.40. The lowest BCUT2D eigenvalue weighted by Crippen LogP contribution is -2.36. The van der Waals surface area contributed by atoms with Gasteiger partial charge in [0, 0.05) is 17.0 Å².